The number of nitrogens with one attached hydrogen (secondary N) is 4. The first-order chi connectivity index (χ1) is 20.2. The van der Waals surface area contributed by atoms with E-state index in [1.54, 1.807) is 4.90 Å². The lowest BCUT2D eigenvalue weighted by atomic mass is 9.82. The van der Waals surface area contributed by atoms with Gasteiger partial charge in [0.15, 0.2) is 0 Å². The summed E-state index contributed by atoms with van der Waals surface area (Å²) in [6.07, 6.45) is -0.375. The highest BCUT2D eigenvalue weighted by Gasteiger charge is 2.37. The standard InChI is InChI=1S/C27H37F2N5O8/c28-20-6-3-7-21(29)19(20)15-18-17(25(37)33-40)5-4-12-42-27(39)30-9-2-1-8-22(32-24(18)36)26(38)31-16-23(35)34-10-13-41-14-11-34/h3,6-7,17-18,22,40H,1-2,4-5,8-16H2,(H,30,39)(H,31,38)(H,32,36)(H,33,37)/t17?,18-,22+/m1/s1. The molecule has 232 valence electrons. The minimum Gasteiger partial charge on any atom is -0.450 e. The van der Waals surface area contributed by atoms with Crippen molar-refractivity contribution in [2.75, 3.05) is 46.0 Å². The van der Waals surface area contributed by atoms with E-state index in [4.69, 9.17) is 9.47 Å². The maximum atomic E-state index is 14.6. The van der Waals surface area contributed by atoms with Crippen molar-refractivity contribution < 1.29 is 47.4 Å². The van der Waals surface area contributed by atoms with Gasteiger partial charge in [-0.25, -0.2) is 19.1 Å². The highest BCUT2D eigenvalue weighted by Crippen LogP contribution is 2.26. The lowest BCUT2D eigenvalue weighted by Crippen LogP contribution is -2.53. The number of halogens is 2. The fraction of sp³-hybridized carbons (Fsp3) is 0.593. The predicted octanol–water partition coefficient (Wildman–Crippen LogP) is 0.395. The van der Waals surface area contributed by atoms with Crippen LogP contribution in [0.25, 0.3) is 0 Å². The van der Waals surface area contributed by atoms with Crippen LogP contribution in [0.15, 0.2) is 18.2 Å². The van der Waals surface area contributed by atoms with E-state index >= 15 is 0 Å². The second-order valence-corrected chi connectivity index (χ2v) is 10.1. The topological polar surface area (TPSA) is 175 Å². The number of carbonyl (C=O) groups excluding carboxylic acids is 5. The summed E-state index contributed by atoms with van der Waals surface area (Å²) >= 11 is 0. The van der Waals surface area contributed by atoms with Crippen molar-refractivity contribution in [2.24, 2.45) is 11.8 Å². The molecule has 13 nitrogen and oxygen atoms in total. The number of ether oxygens (including phenoxy) is 2. The summed E-state index contributed by atoms with van der Waals surface area (Å²) in [7, 11) is 0. The van der Waals surface area contributed by atoms with Crippen molar-refractivity contribution >= 4 is 29.7 Å². The molecule has 5 N–H and O–H groups in total. The third-order valence-corrected chi connectivity index (χ3v) is 7.25. The van der Waals surface area contributed by atoms with Gasteiger partial charge in [-0.05, 0) is 50.7 Å². The zero-order valence-corrected chi connectivity index (χ0v) is 23.2. The molecule has 2 fully saturated rings. The quantitative estimate of drug-likeness (QED) is 0.231. The summed E-state index contributed by atoms with van der Waals surface area (Å²) in [6, 6.07) is 2.01. The zero-order chi connectivity index (χ0) is 30.5. The van der Waals surface area contributed by atoms with E-state index in [9.17, 15) is 38.0 Å². The SMILES string of the molecule is O=C1NCCCC[C@@H](C(=O)NCC(=O)N2CCOCC2)NC(=O)[C@H](Cc2c(F)cccc2F)C(C(=O)NO)CCCO1. The molecule has 0 radical (unpaired) electrons. The van der Waals surface area contributed by atoms with Crippen molar-refractivity contribution in [1.29, 1.82) is 0 Å². The Bertz CT molecular complexity index is 1100. The molecule has 3 atom stereocenters. The third-order valence-electron chi connectivity index (χ3n) is 7.25. The van der Waals surface area contributed by atoms with Gasteiger partial charge in [0.2, 0.25) is 23.6 Å². The van der Waals surface area contributed by atoms with Crippen LogP contribution in [0, 0.1) is 23.5 Å². The van der Waals surface area contributed by atoms with Gasteiger partial charge in [0, 0.05) is 25.2 Å². The maximum Gasteiger partial charge on any atom is 0.407 e. The van der Waals surface area contributed by atoms with Gasteiger partial charge in [0.25, 0.3) is 0 Å². The summed E-state index contributed by atoms with van der Waals surface area (Å²) in [6.45, 7) is 1.32. The van der Waals surface area contributed by atoms with Crippen LogP contribution in [0.3, 0.4) is 0 Å². The largest absolute Gasteiger partial charge is 0.450 e. The molecule has 1 aromatic rings. The highest BCUT2D eigenvalue weighted by molar-refractivity contribution is 5.93. The lowest BCUT2D eigenvalue weighted by Gasteiger charge is -2.28. The Morgan fingerprint density at radius 3 is 2.40 bits per heavy atom. The second-order valence-electron chi connectivity index (χ2n) is 10.1. The van der Waals surface area contributed by atoms with Crippen molar-refractivity contribution in [1.82, 2.24) is 26.3 Å². The normalized spacial score (nSPS) is 22.8. The molecule has 15 heteroatoms. The molecule has 3 rings (SSSR count). The van der Waals surface area contributed by atoms with Gasteiger partial charge in [0.1, 0.15) is 17.7 Å². The Labute approximate surface area is 241 Å². The molecule has 2 aliphatic rings. The minimum absolute atomic E-state index is 0.0859. The number of amides is 5. The molecule has 1 unspecified atom stereocenters. The molecule has 0 saturated carbocycles. The molecule has 0 bridgehead atoms. The van der Waals surface area contributed by atoms with Crippen molar-refractivity contribution in [3.8, 4) is 0 Å². The first-order valence-corrected chi connectivity index (χ1v) is 13.9. The van der Waals surface area contributed by atoms with Gasteiger partial charge in [-0.1, -0.05) is 6.07 Å². The molecule has 5 amide bonds. The number of morpholine rings is 1. The average molecular weight is 598 g/mol. The van der Waals surface area contributed by atoms with Crippen LogP contribution >= 0.6 is 0 Å². The van der Waals surface area contributed by atoms with Crippen LogP contribution in [0.5, 0.6) is 0 Å². The Balaban J connectivity index is 1.85. The number of benzene rings is 1. The Hall–Kier alpha value is -3.85. The molecule has 0 spiro atoms. The van der Waals surface area contributed by atoms with Gasteiger partial charge in [0.05, 0.1) is 38.2 Å². The first kappa shape index (κ1) is 32.7. The number of hydrogen-bond donors (Lipinski definition) is 5. The van der Waals surface area contributed by atoms with E-state index in [1.807, 2.05) is 0 Å². The second kappa shape index (κ2) is 16.6. The van der Waals surface area contributed by atoms with Crippen LogP contribution in [0.2, 0.25) is 0 Å². The number of rotatable bonds is 6. The van der Waals surface area contributed by atoms with Gasteiger partial charge in [-0.3, -0.25) is 24.4 Å². The summed E-state index contributed by atoms with van der Waals surface area (Å²) in [4.78, 5) is 65.6. The number of hydroxylamine groups is 1. The van der Waals surface area contributed by atoms with Crippen LogP contribution in [-0.4, -0.2) is 91.9 Å². The number of cyclic esters (lactones) is 1. The molecule has 2 saturated heterocycles. The van der Waals surface area contributed by atoms with Gasteiger partial charge >= 0.3 is 6.09 Å². The minimum atomic E-state index is -1.42. The van der Waals surface area contributed by atoms with Crippen molar-refractivity contribution in [3.63, 3.8) is 0 Å². The van der Waals surface area contributed by atoms with E-state index in [1.165, 1.54) is 5.48 Å². The summed E-state index contributed by atoms with van der Waals surface area (Å²) < 4.78 is 39.5. The molecule has 0 aliphatic carbocycles. The van der Waals surface area contributed by atoms with E-state index in [2.05, 4.69) is 16.0 Å². The molecule has 42 heavy (non-hydrogen) atoms. The van der Waals surface area contributed by atoms with E-state index in [0.29, 0.717) is 39.1 Å². The van der Waals surface area contributed by atoms with Gasteiger partial charge in [-0.15, -0.1) is 0 Å². The van der Waals surface area contributed by atoms with Crippen molar-refractivity contribution in [3.05, 3.63) is 35.4 Å². The molecular weight excluding hydrogens is 560 g/mol. The Morgan fingerprint density at radius 2 is 1.71 bits per heavy atom. The smallest absolute Gasteiger partial charge is 0.407 e. The zero-order valence-electron chi connectivity index (χ0n) is 23.2. The van der Waals surface area contributed by atoms with Crippen LogP contribution in [-0.2, 0) is 35.1 Å². The fourth-order valence-electron chi connectivity index (χ4n) is 4.90. The first-order valence-electron chi connectivity index (χ1n) is 13.9. The molecule has 1 aromatic carbocycles. The fourth-order valence-corrected chi connectivity index (χ4v) is 4.90. The van der Waals surface area contributed by atoms with Crippen LogP contribution in [0.1, 0.15) is 37.7 Å². The number of carbonyl (C=O) groups is 5. The van der Waals surface area contributed by atoms with Gasteiger partial charge in [-0.2, -0.15) is 0 Å². The number of hydrogen-bond acceptors (Lipinski definition) is 8. The summed E-state index contributed by atoms with van der Waals surface area (Å²) in [5, 5.41) is 17.1. The van der Waals surface area contributed by atoms with Crippen LogP contribution in [0.4, 0.5) is 13.6 Å². The van der Waals surface area contributed by atoms with Gasteiger partial charge < -0.3 is 30.3 Å². The van der Waals surface area contributed by atoms with E-state index in [-0.39, 0.29) is 44.9 Å². The highest BCUT2D eigenvalue weighted by atomic mass is 19.1. The van der Waals surface area contributed by atoms with E-state index in [0.717, 1.165) is 18.2 Å². The summed E-state index contributed by atoms with van der Waals surface area (Å²) in [5.41, 5.74) is 1.05. The molecular formula is C27H37F2N5O8. The predicted molar refractivity (Wildman–Crippen MR) is 142 cm³/mol. The Kier molecular flexibility index (Phi) is 12.9. The third kappa shape index (κ3) is 9.62. The number of alkyl carbamates (subject to hydrolysis) is 1. The van der Waals surface area contributed by atoms with E-state index < -0.39 is 65.3 Å². The molecule has 0 aromatic heterocycles. The average Bonchev–Trinajstić information content (AvgIpc) is 2.99. The monoisotopic (exact) mass is 597 g/mol. The molecule has 2 aliphatic heterocycles. The van der Waals surface area contributed by atoms with Crippen molar-refractivity contribution in [2.45, 2.75) is 44.6 Å². The summed E-state index contributed by atoms with van der Waals surface area (Å²) in [5.74, 6) is -7.43. The maximum absolute atomic E-state index is 14.6. The van der Waals surface area contributed by atoms with Crippen LogP contribution < -0.4 is 21.4 Å². The lowest BCUT2D eigenvalue weighted by molar-refractivity contribution is -0.142. The molecule has 2 heterocycles. The Morgan fingerprint density at radius 1 is 1.00 bits per heavy atom. The number of nitrogens with zero attached hydrogens (tertiary/aromatic N) is 1.